The highest BCUT2D eigenvalue weighted by molar-refractivity contribution is 5.36. The van der Waals surface area contributed by atoms with Gasteiger partial charge >= 0.3 is 0 Å². The highest BCUT2D eigenvalue weighted by atomic mass is 16.1. The van der Waals surface area contributed by atoms with Gasteiger partial charge in [0.1, 0.15) is 0 Å². The first-order chi connectivity index (χ1) is 8.93. The summed E-state index contributed by atoms with van der Waals surface area (Å²) in [6.45, 7) is 8.49. The fourth-order valence-electron chi connectivity index (χ4n) is 2.60. The Bertz CT molecular complexity index is 489. The van der Waals surface area contributed by atoms with Crippen LogP contribution in [0.5, 0.6) is 0 Å². The Morgan fingerprint density at radius 1 is 1.47 bits per heavy atom. The number of nitrogens with two attached hydrogens (primary N) is 1. The molecular weight excluding hydrogens is 240 g/mol. The molecule has 1 aromatic heterocycles. The molecule has 1 aromatic rings. The van der Waals surface area contributed by atoms with Gasteiger partial charge in [0.15, 0.2) is 5.82 Å². The van der Waals surface area contributed by atoms with Crippen LogP contribution >= 0.6 is 0 Å². The van der Waals surface area contributed by atoms with E-state index in [1.807, 2.05) is 20.8 Å². The Kier molecular flexibility index (Phi) is 3.94. The van der Waals surface area contributed by atoms with Crippen molar-refractivity contribution in [1.82, 2.24) is 9.55 Å². The average Bonchev–Trinajstić information content (AvgIpc) is 2.37. The maximum Gasteiger partial charge on any atom is 0.293 e. The van der Waals surface area contributed by atoms with E-state index in [1.54, 1.807) is 17.0 Å². The van der Waals surface area contributed by atoms with Crippen LogP contribution in [-0.4, -0.2) is 29.2 Å². The predicted molar refractivity (Wildman–Crippen MR) is 77.5 cm³/mol. The largest absolute Gasteiger partial charge is 0.352 e. The lowest BCUT2D eigenvalue weighted by molar-refractivity contribution is 0.378. The third-order valence-electron chi connectivity index (χ3n) is 3.70. The average molecular weight is 264 g/mol. The second-order valence-electron chi connectivity index (χ2n) is 6.29. The molecule has 1 aliphatic rings. The lowest BCUT2D eigenvalue weighted by atomic mass is 9.98. The Morgan fingerprint density at radius 2 is 2.21 bits per heavy atom. The molecule has 0 saturated carbocycles. The van der Waals surface area contributed by atoms with E-state index in [9.17, 15) is 4.79 Å². The first-order valence-corrected chi connectivity index (χ1v) is 6.96. The Hall–Kier alpha value is -1.36. The first-order valence-electron chi connectivity index (χ1n) is 6.96. The van der Waals surface area contributed by atoms with E-state index in [2.05, 4.69) is 9.88 Å². The lowest BCUT2D eigenvalue weighted by Gasteiger charge is -2.33. The molecule has 0 bridgehead atoms. The molecule has 1 fully saturated rings. The fourth-order valence-corrected chi connectivity index (χ4v) is 2.60. The number of anilines is 1. The van der Waals surface area contributed by atoms with Crippen LogP contribution in [0.15, 0.2) is 17.2 Å². The molecule has 0 aliphatic carbocycles. The summed E-state index contributed by atoms with van der Waals surface area (Å²) in [6, 6.07) is 0. The maximum absolute atomic E-state index is 12.5. The van der Waals surface area contributed by atoms with Gasteiger partial charge in [-0.15, -0.1) is 0 Å². The second kappa shape index (κ2) is 5.33. The summed E-state index contributed by atoms with van der Waals surface area (Å²) >= 11 is 0. The molecule has 0 amide bonds. The van der Waals surface area contributed by atoms with Crippen molar-refractivity contribution in [2.45, 2.75) is 39.2 Å². The van der Waals surface area contributed by atoms with E-state index >= 15 is 0 Å². The highest BCUT2D eigenvalue weighted by Gasteiger charge is 2.24. The highest BCUT2D eigenvalue weighted by Crippen LogP contribution is 2.19. The normalized spacial score (nSPS) is 20.6. The van der Waals surface area contributed by atoms with Gasteiger partial charge in [-0.05, 0) is 46.1 Å². The van der Waals surface area contributed by atoms with E-state index < -0.39 is 0 Å². The fraction of sp³-hybridized carbons (Fsp3) is 0.714. The lowest BCUT2D eigenvalue weighted by Crippen LogP contribution is -2.44. The van der Waals surface area contributed by atoms with Crippen LogP contribution in [-0.2, 0) is 5.54 Å². The molecule has 0 spiro atoms. The molecule has 106 valence electrons. The summed E-state index contributed by atoms with van der Waals surface area (Å²) in [6.07, 6.45) is 5.70. The van der Waals surface area contributed by atoms with Gasteiger partial charge in [-0.1, -0.05) is 0 Å². The monoisotopic (exact) mass is 264 g/mol. The number of piperidine rings is 1. The van der Waals surface area contributed by atoms with Gasteiger partial charge in [0.25, 0.3) is 5.56 Å². The van der Waals surface area contributed by atoms with Crippen molar-refractivity contribution >= 4 is 5.82 Å². The summed E-state index contributed by atoms with van der Waals surface area (Å²) < 4.78 is 1.75. The van der Waals surface area contributed by atoms with Crippen molar-refractivity contribution < 1.29 is 0 Å². The first kappa shape index (κ1) is 14.1. The summed E-state index contributed by atoms with van der Waals surface area (Å²) in [7, 11) is 0. The standard InChI is InChI=1S/C14H24N4O/c1-14(2,3)18-8-6-16-12(13(18)19)17-7-4-5-11(9-15)10-17/h6,8,11H,4-5,7,9-10,15H2,1-3H3. The zero-order valence-electron chi connectivity index (χ0n) is 12.1. The number of aromatic nitrogens is 2. The SMILES string of the molecule is CC(C)(C)n1ccnc(N2CCCC(CN)C2)c1=O. The van der Waals surface area contributed by atoms with Gasteiger partial charge in [-0.3, -0.25) is 4.79 Å². The van der Waals surface area contributed by atoms with Crippen LogP contribution in [0.25, 0.3) is 0 Å². The molecule has 0 aromatic carbocycles. The Labute approximate surface area is 114 Å². The van der Waals surface area contributed by atoms with Crippen LogP contribution < -0.4 is 16.2 Å². The molecule has 5 nitrogen and oxygen atoms in total. The molecular formula is C14H24N4O. The minimum Gasteiger partial charge on any atom is -0.352 e. The number of nitrogens with zero attached hydrogens (tertiary/aromatic N) is 3. The molecule has 2 rings (SSSR count). The number of hydrogen-bond donors (Lipinski definition) is 1. The maximum atomic E-state index is 12.5. The quantitative estimate of drug-likeness (QED) is 0.871. The number of rotatable bonds is 2. The Morgan fingerprint density at radius 3 is 2.84 bits per heavy atom. The van der Waals surface area contributed by atoms with Crippen LogP contribution in [0.2, 0.25) is 0 Å². The molecule has 5 heteroatoms. The van der Waals surface area contributed by atoms with E-state index in [1.165, 1.54) is 0 Å². The minimum absolute atomic E-state index is 0.00679. The Balaban J connectivity index is 2.33. The summed E-state index contributed by atoms with van der Waals surface area (Å²) in [4.78, 5) is 18.9. The molecule has 1 saturated heterocycles. The van der Waals surface area contributed by atoms with Gasteiger partial charge in [0.05, 0.1) is 0 Å². The van der Waals surface area contributed by atoms with Crippen molar-refractivity contribution in [3.63, 3.8) is 0 Å². The smallest absolute Gasteiger partial charge is 0.293 e. The van der Waals surface area contributed by atoms with E-state index in [0.717, 1.165) is 25.9 Å². The molecule has 0 radical (unpaired) electrons. The molecule has 1 unspecified atom stereocenters. The molecule has 1 atom stereocenters. The van der Waals surface area contributed by atoms with Gasteiger partial charge < -0.3 is 15.2 Å². The van der Waals surface area contributed by atoms with Gasteiger partial charge in [0.2, 0.25) is 0 Å². The zero-order valence-corrected chi connectivity index (χ0v) is 12.1. The van der Waals surface area contributed by atoms with Crippen molar-refractivity contribution in [3.8, 4) is 0 Å². The van der Waals surface area contributed by atoms with Crippen molar-refractivity contribution in [2.24, 2.45) is 11.7 Å². The molecule has 19 heavy (non-hydrogen) atoms. The third-order valence-corrected chi connectivity index (χ3v) is 3.70. The van der Waals surface area contributed by atoms with Crippen molar-refractivity contribution in [3.05, 3.63) is 22.7 Å². The summed E-state index contributed by atoms with van der Waals surface area (Å²) in [5, 5.41) is 0. The van der Waals surface area contributed by atoms with E-state index in [4.69, 9.17) is 5.73 Å². The van der Waals surface area contributed by atoms with Crippen LogP contribution in [0.1, 0.15) is 33.6 Å². The third kappa shape index (κ3) is 2.97. The van der Waals surface area contributed by atoms with E-state index in [0.29, 0.717) is 18.3 Å². The summed E-state index contributed by atoms with van der Waals surface area (Å²) in [5.41, 5.74) is 5.52. The van der Waals surface area contributed by atoms with Crippen molar-refractivity contribution in [2.75, 3.05) is 24.5 Å². The van der Waals surface area contributed by atoms with Gasteiger partial charge in [0, 0.05) is 31.0 Å². The van der Waals surface area contributed by atoms with Crippen LogP contribution in [0.3, 0.4) is 0 Å². The van der Waals surface area contributed by atoms with Gasteiger partial charge in [-0.2, -0.15) is 0 Å². The second-order valence-corrected chi connectivity index (χ2v) is 6.29. The zero-order chi connectivity index (χ0) is 14.0. The van der Waals surface area contributed by atoms with Crippen LogP contribution in [0.4, 0.5) is 5.82 Å². The van der Waals surface area contributed by atoms with Crippen LogP contribution in [0, 0.1) is 5.92 Å². The minimum atomic E-state index is -0.224. The van der Waals surface area contributed by atoms with E-state index in [-0.39, 0.29) is 11.1 Å². The summed E-state index contributed by atoms with van der Waals surface area (Å²) in [5.74, 6) is 1.04. The van der Waals surface area contributed by atoms with Gasteiger partial charge in [-0.25, -0.2) is 4.98 Å². The predicted octanol–water partition coefficient (Wildman–Crippen LogP) is 1.17. The number of hydrogen-bond acceptors (Lipinski definition) is 4. The molecule has 2 heterocycles. The topological polar surface area (TPSA) is 64.2 Å². The van der Waals surface area contributed by atoms with Crippen molar-refractivity contribution in [1.29, 1.82) is 0 Å². The molecule has 1 aliphatic heterocycles. The molecule has 2 N–H and O–H groups in total.